The van der Waals surface area contributed by atoms with Crippen molar-refractivity contribution in [3.8, 4) is 0 Å². The summed E-state index contributed by atoms with van der Waals surface area (Å²) in [5.74, 6) is -0.427. The van der Waals surface area contributed by atoms with Crippen LogP contribution in [-0.4, -0.2) is 33.9 Å². The minimum absolute atomic E-state index is 0.219. The fraction of sp³-hybridized carbons (Fsp3) is 0.467. The van der Waals surface area contributed by atoms with Crippen LogP contribution in [0.15, 0.2) is 29.4 Å². The van der Waals surface area contributed by atoms with E-state index in [9.17, 15) is 18.7 Å². The molecule has 0 aliphatic carbocycles. The molecule has 1 unspecified atom stereocenters. The van der Waals surface area contributed by atoms with Crippen LogP contribution in [0.5, 0.6) is 0 Å². The summed E-state index contributed by atoms with van der Waals surface area (Å²) in [4.78, 5) is 12.3. The number of hydrazone groups is 1. The normalized spacial score (nSPS) is 22.1. The first-order valence-electron chi connectivity index (χ1n) is 6.75. The molecule has 0 aromatic heterocycles. The van der Waals surface area contributed by atoms with E-state index in [0.717, 1.165) is 5.56 Å². The second-order valence-corrected chi connectivity index (χ2v) is 5.58. The fourth-order valence-corrected chi connectivity index (χ4v) is 2.27. The summed E-state index contributed by atoms with van der Waals surface area (Å²) in [6.07, 6.45) is -3.43. The molecule has 1 aromatic rings. The summed E-state index contributed by atoms with van der Waals surface area (Å²) < 4.78 is 26.2. The molecule has 0 radical (unpaired) electrons. The molecule has 0 saturated carbocycles. The van der Waals surface area contributed by atoms with E-state index in [1.165, 1.54) is 6.92 Å². The van der Waals surface area contributed by atoms with Crippen LogP contribution in [0.25, 0.3) is 0 Å². The number of amides is 1. The Morgan fingerprint density at radius 1 is 1.33 bits per heavy atom. The Bertz CT molecular complexity index is 570. The van der Waals surface area contributed by atoms with Crippen LogP contribution in [0.2, 0.25) is 0 Å². The summed E-state index contributed by atoms with van der Waals surface area (Å²) in [6, 6.07) is 6.66. The van der Waals surface area contributed by atoms with Crippen LogP contribution >= 0.6 is 0 Å². The third-order valence-corrected chi connectivity index (χ3v) is 3.52. The summed E-state index contributed by atoms with van der Waals surface area (Å²) in [7, 11) is 0. The van der Waals surface area contributed by atoms with E-state index in [1.807, 2.05) is 13.8 Å². The van der Waals surface area contributed by atoms with Crippen LogP contribution in [0.4, 0.5) is 8.78 Å². The third-order valence-electron chi connectivity index (χ3n) is 3.52. The van der Waals surface area contributed by atoms with Gasteiger partial charge >= 0.3 is 0 Å². The molecule has 4 nitrogen and oxygen atoms in total. The maximum absolute atomic E-state index is 13.1. The highest BCUT2D eigenvalue weighted by Crippen LogP contribution is 2.32. The van der Waals surface area contributed by atoms with Crippen LogP contribution in [0, 0.1) is 0 Å². The molecule has 1 aliphatic rings. The first-order valence-corrected chi connectivity index (χ1v) is 6.75. The third kappa shape index (κ3) is 2.81. The summed E-state index contributed by atoms with van der Waals surface area (Å²) in [5, 5.41) is 14.3. The zero-order valence-electron chi connectivity index (χ0n) is 12.2. The van der Waals surface area contributed by atoms with Crippen LogP contribution in [0.3, 0.4) is 0 Å². The Balaban J connectivity index is 2.30. The van der Waals surface area contributed by atoms with Crippen molar-refractivity contribution in [3.05, 3.63) is 35.4 Å². The summed E-state index contributed by atoms with van der Waals surface area (Å²) in [5.41, 5.74) is -1.00. The lowest BCUT2D eigenvalue weighted by atomic mass is 10.0. The standard InChI is InChI=1S/C15H18F2N2O2/c1-9(2)11-4-6-12(7-5-11)13(20)19-15(21,14(16)17)8-10(3)18-19/h4-7,9,14,21H,8H2,1-3H3. The fourth-order valence-electron chi connectivity index (χ4n) is 2.27. The molecule has 2 rings (SSSR count). The van der Waals surface area contributed by atoms with Gasteiger partial charge in [0.05, 0.1) is 0 Å². The van der Waals surface area contributed by atoms with E-state index in [0.29, 0.717) is 16.6 Å². The Morgan fingerprint density at radius 2 is 1.90 bits per heavy atom. The zero-order valence-corrected chi connectivity index (χ0v) is 12.2. The monoisotopic (exact) mass is 296 g/mol. The predicted octanol–water partition coefficient (Wildman–Crippen LogP) is 2.99. The highest BCUT2D eigenvalue weighted by molar-refractivity contribution is 5.97. The number of nitrogens with zero attached hydrogens (tertiary/aromatic N) is 2. The molecule has 0 saturated heterocycles. The lowest BCUT2D eigenvalue weighted by Gasteiger charge is -2.30. The Hall–Kier alpha value is -1.82. The Labute approximate surface area is 122 Å². The SMILES string of the molecule is CC1=NN(C(=O)c2ccc(C(C)C)cc2)C(O)(C(F)F)C1. The van der Waals surface area contributed by atoms with Gasteiger partial charge in [0, 0.05) is 17.7 Å². The summed E-state index contributed by atoms with van der Waals surface area (Å²) in [6.45, 7) is 5.53. The number of halogens is 2. The van der Waals surface area contributed by atoms with Gasteiger partial charge in [-0.1, -0.05) is 26.0 Å². The van der Waals surface area contributed by atoms with Gasteiger partial charge in [0.2, 0.25) is 5.72 Å². The van der Waals surface area contributed by atoms with Crippen molar-refractivity contribution < 1.29 is 18.7 Å². The van der Waals surface area contributed by atoms with E-state index in [1.54, 1.807) is 24.3 Å². The van der Waals surface area contributed by atoms with Gasteiger partial charge in [-0.3, -0.25) is 4.79 Å². The average Bonchev–Trinajstić information content (AvgIpc) is 2.74. The molecule has 0 spiro atoms. The van der Waals surface area contributed by atoms with E-state index in [2.05, 4.69) is 5.10 Å². The number of hydrogen-bond acceptors (Lipinski definition) is 3. The largest absolute Gasteiger partial charge is 0.364 e. The van der Waals surface area contributed by atoms with Gasteiger partial charge in [-0.25, -0.2) is 8.78 Å². The highest BCUT2D eigenvalue weighted by Gasteiger charge is 2.51. The van der Waals surface area contributed by atoms with Crippen LogP contribution < -0.4 is 0 Å². The number of alkyl halides is 2. The number of aliphatic hydroxyl groups is 1. The number of hydrogen-bond donors (Lipinski definition) is 1. The zero-order chi connectivity index (χ0) is 15.8. The van der Waals surface area contributed by atoms with Crippen LogP contribution in [0.1, 0.15) is 49.0 Å². The van der Waals surface area contributed by atoms with E-state index in [-0.39, 0.29) is 12.0 Å². The van der Waals surface area contributed by atoms with Crippen molar-refractivity contribution in [2.24, 2.45) is 5.10 Å². The van der Waals surface area contributed by atoms with Gasteiger partial charge in [-0.15, -0.1) is 0 Å². The molecule has 1 amide bonds. The van der Waals surface area contributed by atoms with Gasteiger partial charge in [-0.05, 0) is 30.5 Å². The number of benzene rings is 1. The molecule has 1 N–H and O–H groups in total. The first-order chi connectivity index (χ1) is 9.75. The van der Waals surface area contributed by atoms with Crippen molar-refractivity contribution in [3.63, 3.8) is 0 Å². The Morgan fingerprint density at radius 3 is 2.38 bits per heavy atom. The van der Waals surface area contributed by atoms with Gasteiger partial charge < -0.3 is 5.11 Å². The minimum Gasteiger partial charge on any atom is -0.364 e. The molecule has 1 aliphatic heterocycles. The van der Waals surface area contributed by atoms with Gasteiger partial charge in [0.15, 0.2) is 0 Å². The molecule has 0 fully saturated rings. The maximum atomic E-state index is 13.1. The van der Waals surface area contributed by atoms with Crippen LogP contribution in [-0.2, 0) is 0 Å². The molecule has 6 heteroatoms. The summed E-state index contributed by atoms with van der Waals surface area (Å²) >= 11 is 0. The molecule has 1 atom stereocenters. The lowest BCUT2D eigenvalue weighted by molar-refractivity contribution is -0.164. The number of rotatable bonds is 3. The van der Waals surface area contributed by atoms with Crippen molar-refractivity contribution >= 4 is 11.6 Å². The molecule has 114 valence electrons. The molecule has 0 bridgehead atoms. The molecule has 1 aromatic carbocycles. The number of carbonyl (C=O) groups excluding carboxylic acids is 1. The lowest BCUT2D eigenvalue weighted by Crippen LogP contribution is -2.51. The van der Waals surface area contributed by atoms with Crippen molar-refractivity contribution in [2.45, 2.75) is 45.3 Å². The van der Waals surface area contributed by atoms with Crippen molar-refractivity contribution in [1.82, 2.24) is 5.01 Å². The topological polar surface area (TPSA) is 52.9 Å². The van der Waals surface area contributed by atoms with Crippen molar-refractivity contribution in [2.75, 3.05) is 0 Å². The highest BCUT2D eigenvalue weighted by atomic mass is 19.3. The smallest absolute Gasteiger partial charge is 0.287 e. The van der Waals surface area contributed by atoms with Gasteiger partial charge in [-0.2, -0.15) is 10.1 Å². The second kappa shape index (κ2) is 5.52. The average molecular weight is 296 g/mol. The molecule has 1 heterocycles. The molecular formula is C15H18F2N2O2. The Kier molecular flexibility index (Phi) is 4.09. The van der Waals surface area contributed by atoms with E-state index < -0.39 is 18.1 Å². The minimum atomic E-state index is -3.09. The number of carbonyl (C=O) groups is 1. The quantitative estimate of drug-likeness (QED) is 0.932. The predicted molar refractivity (Wildman–Crippen MR) is 75.4 cm³/mol. The second-order valence-electron chi connectivity index (χ2n) is 5.58. The maximum Gasteiger partial charge on any atom is 0.287 e. The van der Waals surface area contributed by atoms with Gasteiger partial charge in [0.1, 0.15) is 0 Å². The van der Waals surface area contributed by atoms with Crippen molar-refractivity contribution in [1.29, 1.82) is 0 Å². The van der Waals surface area contributed by atoms with E-state index in [4.69, 9.17) is 0 Å². The van der Waals surface area contributed by atoms with Gasteiger partial charge in [0.25, 0.3) is 12.3 Å². The van der Waals surface area contributed by atoms with E-state index >= 15 is 0 Å². The first kappa shape index (κ1) is 15.6. The molecular weight excluding hydrogens is 278 g/mol. The molecule has 21 heavy (non-hydrogen) atoms.